The van der Waals surface area contributed by atoms with Crippen LogP contribution in [0.15, 0.2) is 89.3 Å². The van der Waals surface area contributed by atoms with Gasteiger partial charge in [0.05, 0.1) is 57.2 Å². The quantitative estimate of drug-likeness (QED) is 0.0161. The lowest BCUT2D eigenvalue weighted by atomic mass is 9.85. The maximum Gasteiger partial charge on any atom is 0.417 e. The number of aromatic nitrogens is 2. The van der Waals surface area contributed by atoms with Gasteiger partial charge in [-0.2, -0.15) is 13.2 Å². The topological polar surface area (TPSA) is 277 Å². The number of aromatic amines is 1. The molecule has 8 N–H and O–H groups in total. The average molecular weight is 1420 g/mol. The first kappa shape index (κ1) is 78.7. The van der Waals surface area contributed by atoms with Gasteiger partial charge in [-0.3, -0.25) is 43.4 Å². The molecule has 0 unspecified atom stereocenters. The molecular formula is C75H104F3N13O9S. The number of unbranched alkanes of at least 4 members (excludes halogenated alkanes) is 6. The van der Waals surface area contributed by atoms with Crippen LogP contribution in [0.2, 0.25) is 0 Å². The number of alkyl halides is 3. The van der Waals surface area contributed by atoms with E-state index in [-0.39, 0.29) is 43.0 Å². The summed E-state index contributed by atoms with van der Waals surface area (Å²) in [6.45, 7) is 24.7. The van der Waals surface area contributed by atoms with Crippen LogP contribution in [0.25, 0.3) is 21.6 Å². The fourth-order valence-corrected chi connectivity index (χ4v) is 13.8. The second kappa shape index (κ2) is 36.2. The number of likely N-dealkylation sites (N-methyl/N-ethyl adjacent to an activating group) is 1. The van der Waals surface area contributed by atoms with Gasteiger partial charge in [0.15, 0.2) is 0 Å². The number of pyridine rings is 1. The molecule has 0 aliphatic carbocycles. The highest BCUT2D eigenvalue weighted by atomic mass is 32.1. The summed E-state index contributed by atoms with van der Waals surface area (Å²) >= 11 is 1.55. The molecule has 5 aromatic rings. The third-order valence-electron chi connectivity index (χ3n) is 19.3. The number of nitrogens with one attached hydrogen (secondary N) is 6. The van der Waals surface area contributed by atoms with Crippen molar-refractivity contribution in [3.8, 4) is 21.6 Å². The molecule has 0 saturated carbocycles. The molecule has 0 spiro atoms. The molecule has 3 aliphatic rings. The highest BCUT2D eigenvalue weighted by Crippen LogP contribution is 2.37. The van der Waals surface area contributed by atoms with Crippen LogP contribution >= 0.6 is 11.3 Å². The number of nitrogens with two attached hydrogens (primary N) is 1. The number of aryl methyl sites for hydroxylation is 1. The maximum atomic E-state index is 14.9. The summed E-state index contributed by atoms with van der Waals surface area (Å²) in [5.74, 6) is -3.88. The van der Waals surface area contributed by atoms with Crippen LogP contribution in [0.3, 0.4) is 0 Å². The SMILES string of the molecule is Cc1ncsc1-c1ccc([C@H](C)NC(=O)[C@@H]2C[C@@H](OC(=O)[C@@H](NC(=O)[C@@H](N)C(C)C)C(C)C)CN2C(=O)[C@@H](NC(=O)CCCCCCCCCC(=O)NCCN2CCN(Cc3cccc(-c4ccc(N5CCN(C)CC5)c(NC(=O)c5c[nH]c(=O)cc5C(F)(F)F)c4)c3)CC2)C(C)(C)C)cc1. The number of benzene rings is 3. The Morgan fingerprint density at radius 1 is 0.743 bits per heavy atom. The number of nitrogens with zero attached hydrogens (tertiary/aromatic N) is 6. The summed E-state index contributed by atoms with van der Waals surface area (Å²) in [6, 6.07) is 17.6. The van der Waals surface area contributed by atoms with E-state index in [1.807, 2.05) is 104 Å². The van der Waals surface area contributed by atoms with Gasteiger partial charge >= 0.3 is 12.1 Å². The van der Waals surface area contributed by atoms with E-state index in [0.717, 1.165) is 129 Å². The van der Waals surface area contributed by atoms with Gasteiger partial charge in [0.1, 0.15) is 24.2 Å². The summed E-state index contributed by atoms with van der Waals surface area (Å²) in [6.07, 6.45) is 1.54. The molecular weight excluding hydrogens is 1320 g/mol. The van der Waals surface area contributed by atoms with Gasteiger partial charge in [-0.15, -0.1) is 11.3 Å². The summed E-state index contributed by atoms with van der Waals surface area (Å²) in [5, 5.41) is 14.7. The number of piperazine rings is 2. The van der Waals surface area contributed by atoms with Crippen molar-refractivity contribution in [2.75, 3.05) is 89.3 Å². The number of hydrogen-bond donors (Lipinski definition) is 7. The van der Waals surface area contributed by atoms with E-state index in [9.17, 15) is 51.5 Å². The van der Waals surface area contributed by atoms with Gasteiger partial charge in [-0.05, 0) is 97.0 Å². The minimum absolute atomic E-state index is 0.00449. The zero-order valence-corrected chi connectivity index (χ0v) is 61.1. The third-order valence-corrected chi connectivity index (χ3v) is 20.3. The van der Waals surface area contributed by atoms with Crippen LogP contribution < -0.4 is 42.8 Å². The lowest BCUT2D eigenvalue weighted by Crippen LogP contribution is -2.57. The Balaban J connectivity index is 0.740. The zero-order chi connectivity index (χ0) is 73.3. The molecule has 101 heavy (non-hydrogen) atoms. The lowest BCUT2D eigenvalue weighted by molar-refractivity contribution is -0.154. The molecule has 26 heteroatoms. The van der Waals surface area contributed by atoms with E-state index >= 15 is 0 Å². The monoisotopic (exact) mass is 1420 g/mol. The Morgan fingerprint density at radius 3 is 2.00 bits per heavy atom. The first-order chi connectivity index (χ1) is 47.9. The zero-order valence-electron chi connectivity index (χ0n) is 60.2. The van der Waals surface area contributed by atoms with Crippen molar-refractivity contribution in [3.05, 3.63) is 123 Å². The Hall–Kier alpha value is -8.04. The molecule has 550 valence electrons. The second-order valence-corrected chi connectivity index (χ2v) is 29.9. The number of halogens is 3. The molecule has 2 aromatic heterocycles. The highest BCUT2D eigenvalue weighted by molar-refractivity contribution is 7.13. The number of hydrogen-bond acceptors (Lipinski definition) is 16. The van der Waals surface area contributed by atoms with Gasteiger partial charge in [-0.1, -0.05) is 129 Å². The smallest absolute Gasteiger partial charge is 0.417 e. The summed E-state index contributed by atoms with van der Waals surface area (Å²) in [4.78, 5) is 126. The number of esters is 1. The number of carbonyl (C=O) groups excluding carboxylic acids is 7. The first-order valence-corrected chi connectivity index (χ1v) is 36.5. The number of thiazole rings is 1. The van der Waals surface area contributed by atoms with E-state index in [4.69, 9.17) is 10.5 Å². The fourth-order valence-electron chi connectivity index (χ4n) is 13.0. The molecule has 3 fully saturated rings. The van der Waals surface area contributed by atoms with E-state index < -0.39 is 94.2 Å². The van der Waals surface area contributed by atoms with Crippen molar-refractivity contribution < 1.29 is 51.5 Å². The second-order valence-electron chi connectivity index (χ2n) is 29.0. The van der Waals surface area contributed by atoms with Gasteiger partial charge < -0.3 is 56.7 Å². The Labute approximate surface area is 595 Å². The van der Waals surface area contributed by atoms with Crippen molar-refractivity contribution in [1.29, 1.82) is 0 Å². The molecule has 3 aromatic carbocycles. The van der Waals surface area contributed by atoms with Crippen LogP contribution in [-0.4, -0.2) is 180 Å². The average Bonchev–Trinajstić information content (AvgIpc) is 1.78. The van der Waals surface area contributed by atoms with Crippen molar-refractivity contribution in [1.82, 2.24) is 50.8 Å². The normalized spacial score (nSPS) is 17.7. The molecule has 0 radical (unpaired) electrons. The van der Waals surface area contributed by atoms with E-state index in [2.05, 4.69) is 68.3 Å². The lowest BCUT2D eigenvalue weighted by Gasteiger charge is -2.35. The van der Waals surface area contributed by atoms with Crippen LogP contribution in [0.4, 0.5) is 24.5 Å². The van der Waals surface area contributed by atoms with E-state index in [1.165, 1.54) is 4.90 Å². The Kier molecular flexibility index (Phi) is 28.2. The summed E-state index contributed by atoms with van der Waals surface area (Å²) in [7, 11) is 2.02. The standard InChI is InChI=1S/C75H104F3N13O9S/c1-47(2)65(79)71(97)86-66(48(3)4)73(99)100-56-41-61(70(96)83-49(5)52-23-25-53(26-24-52)67-50(6)82-46-101-67)91(45-56)72(98)68(74(7,8)9)85-63(93)22-17-15-13-11-12-14-16-21-62(92)80-29-30-88-33-35-89(36-34-88)44-51-19-18-20-54(39-51)55-27-28-60(90-37-31-87(10)32-38-90)59(40-55)84-69(95)57-43-81-64(94)42-58(57)75(76,77)78/h18-20,23-28,39-40,42-43,46-49,56,61,65-66,68H,11-17,21-22,29-38,41,44-45,79H2,1-10H3,(H,80,92)(H,81,94)(H,83,96)(H,84,95)(H,85,93)(H,86,97)/t49-,56+,61-,65-,66-,68+/m0/s1. The number of likely N-dealkylation sites (tertiary alicyclic amines) is 1. The molecule has 0 bridgehead atoms. The van der Waals surface area contributed by atoms with Crippen LogP contribution in [0, 0.1) is 24.2 Å². The molecule has 5 heterocycles. The Morgan fingerprint density at radius 2 is 1.38 bits per heavy atom. The minimum atomic E-state index is -4.91. The molecule has 22 nitrogen and oxygen atoms in total. The summed E-state index contributed by atoms with van der Waals surface area (Å²) in [5.41, 5.74) is 10.8. The van der Waals surface area contributed by atoms with E-state index in [0.29, 0.717) is 56.5 Å². The van der Waals surface area contributed by atoms with Crippen LogP contribution in [0.5, 0.6) is 0 Å². The van der Waals surface area contributed by atoms with Crippen molar-refractivity contribution in [2.45, 2.75) is 176 Å². The number of carbonyl (C=O) groups is 7. The van der Waals surface area contributed by atoms with Gasteiger partial charge in [0, 0.05) is 104 Å². The molecule has 3 aliphatic heterocycles. The van der Waals surface area contributed by atoms with Crippen molar-refractivity contribution in [3.63, 3.8) is 0 Å². The number of ether oxygens (including phenoxy) is 1. The summed E-state index contributed by atoms with van der Waals surface area (Å²) < 4.78 is 48.0. The predicted octanol–water partition coefficient (Wildman–Crippen LogP) is 9.29. The van der Waals surface area contributed by atoms with Gasteiger partial charge in [0.25, 0.3) is 5.91 Å². The minimum Gasteiger partial charge on any atom is -0.459 e. The third kappa shape index (κ3) is 22.5. The number of rotatable bonds is 31. The Bertz CT molecular complexity index is 3690. The van der Waals surface area contributed by atoms with Crippen molar-refractivity contribution >= 4 is 64.1 Å². The number of H-pyrrole nitrogens is 1. The number of anilines is 2. The van der Waals surface area contributed by atoms with Crippen LogP contribution in [-0.2, 0) is 46.2 Å². The van der Waals surface area contributed by atoms with Crippen LogP contribution in [0.1, 0.15) is 158 Å². The van der Waals surface area contributed by atoms with Gasteiger partial charge in [-0.25, -0.2) is 9.78 Å². The predicted molar refractivity (Wildman–Crippen MR) is 388 cm³/mol. The maximum absolute atomic E-state index is 14.9. The molecule has 6 amide bonds. The molecule has 8 rings (SSSR count). The highest BCUT2D eigenvalue weighted by Gasteiger charge is 2.47. The molecule has 6 atom stereocenters. The molecule has 3 saturated heterocycles. The largest absolute Gasteiger partial charge is 0.459 e. The van der Waals surface area contributed by atoms with E-state index in [1.54, 1.807) is 36.8 Å². The van der Waals surface area contributed by atoms with Crippen molar-refractivity contribution in [2.24, 2.45) is 23.0 Å². The fraction of sp³-hybridized carbons (Fsp3) is 0.560. The number of amides is 6. The van der Waals surface area contributed by atoms with Gasteiger partial charge in [0.2, 0.25) is 35.1 Å². The first-order valence-electron chi connectivity index (χ1n) is 35.6.